The minimum Gasteiger partial charge on any atom is -0.482 e. The topological polar surface area (TPSA) is 85.4 Å². The number of benzene rings is 2. The standard InChI is InChI=1S/C21H18Cl2N2O4S/c22-16-8-9-19(18(23)11-16)29-14-21(26)25-13-20(15-5-4-10-24-12-15)30(27,28)17-6-2-1-3-7-17/h1-12,20H,13-14H2,(H,25,26). The Hall–Kier alpha value is -2.61. The number of rotatable bonds is 8. The summed E-state index contributed by atoms with van der Waals surface area (Å²) in [6.45, 7) is -0.466. The highest BCUT2D eigenvalue weighted by atomic mass is 35.5. The Bertz CT molecular complexity index is 1110. The maximum absolute atomic E-state index is 13.2. The molecule has 156 valence electrons. The van der Waals surface area contributed by atoms with Crippen LogP contribution in [0.2, 0.25) is 10.0 Å². The molecule has 1 amide bonds. The normalized spacial score (nSPS) is 12.2. The Labute approximate surface area is 184 Å². The van der Waals surface area contributed by atoms with Crippen LogP contribution in [-0.2, 0) is 14.6 Å². The maximum atomic E-state index is 13.2. The lowest BCUT2D eigenvalue weighted by Gasteiger charge is -2.19. The van der Waals surface area contributed by atoms with Crippen molar-refractivity contribution in [1.82, 2.24) is 10.3 Å². The van der Waals surface area contributed by atoms with Crippen molar-refractivity contribution >= 4 is 38.9 Å². The van der Waals surface area contributed by atoms with Crippen molar-refractivity contribution in [3.05, 3.63) is 88.7 Å². The summed E-state index contributed by atoms with van der Waals surface area (Å²) in [5.74, 6) is -0.185. The quantitative estimate of drug-likeness (QED) is 0.542. The van der Waals surface area contributed by atoms with Gasteiger partial charge in [-0.25, -0.2) is 8.42 Å². The van der Waals surface area contributed by atoms with Gasteiger partial charge in [-0.3, -0.25) is 9.78 Å². The number of nitrogens with one attached hydrogen (secondary N) is 1. The number of ether oxygens (including phenoxy) is 1. The molecule has 0 bridgehead atoms. The van der Waals surface area contributed by atoms with Gasteiger partial charge < -0.3 is 10.1 Å². The number of halogens is 2. The Morgan fingerprint density at radius 1 is 1.07 bits per heavy atom. The Kier molecular flexibility index (Phi) is 7.31. The highest BCUT2D eigenvalue weighted by Crippen LogP contribution is 2.29. The molecule has 3 rings (SSSR count). The summed E-state index contributed by atoms with van der Waals surface area (Å²) in [6.07, 6.45) is 3.03. The summed E-state index contributed by atoms with van der Waals surface area (Å²) in [7, 11) is -3.76. The zero-order valence-corrected chi connectivity index (χ0v) is 18.0. The van der Waals surface area contributed by atoms with Gasteiger partial charge in [0, 0.05) is 24.0 Å². The van der Waals surface area contributed by atoms with E-state index in [0.717, 1.165) is 0 Å². The molecule has 0 fully saturated rings. The fraction of sp³-hybridized carbons (Fsp3) is 0.143. The Morgan fingerprint density at radius 2 is 1.83 bits per heavy atom. The lowest BCUT2D eigenvalue weighted by Crippen LogP contribution is -2.35. The van der Waals surface area contributed by atoms with Crippen LogP contribution in [0, 0.1) is 0 Å². The smallest absolute Gasteiger partial charge is 0.257 e. The van der Waals surface area contributed by atoms with Crippen molar-refractivity contribution in [1.29, 1.82) is 0 Å². The van der Waals surface area contributed by atoms with Gasteiger partial charge in [-0.05, 0) is 42.0 Å². The van der Waals surface area contributed by atoms with E-state index >= 15 is 0 Å². The molecule has 0 aliphatic carbocycles. The van der Waals surface area contributed by atoms with Crippen molar-refractivity contribution in [2.75, 3.05) is 13.2 Å². The first-order valence-corrected chi connectivity index (χ1v) is 11.2. The van der Waals surface area contributed by atoms with E-state index < -0.39 is 21.0 Å². The Morgan fingerprint density at radius 3 is 2.50 bits per heavy atom. The third-order valence-corrected chi connectivity index (χ3v) is 6.89. The second-order valence-electron chi connectivity index (χ2n) is 6.30. The number of hydrogen-bond donors (Lipinski definition) is 1. The minimum atomic E-state index is -3.76. The van der Waals surface area contributed by atoms with Crippen LogP contribution in [0.15, 0.2) is 78.0 Å². The molecule has 1 unspecified atom stereocenters. The lowest BCUT2D eigenvalue weighted by atomic mass is 10.2. The van der Waals surface area contributed by atoms with E-state index in [2.05, 4.69) is 10.3 Å². The molecular weight excluding hydrogens is 447 g/mol. The molecule has 1 heterocycles. The third-order valence-electron chi connectivity index (χ3n) is 4.24. The zero-order valence-electron chi connectivity index (χ0n) is 15.7. The van der Waals surface area contributed by atoms with Gasteiger partial charge in [0.05, 0.1) is 9.92 Å². The van der Waals surface area contributed by atoms with Crippen molar-refractivity contribution in [2.24, 2.45) is 0 Å². The van der Waals surface area contributed by atoms with E-state index in [9.17, 15) is 13.2 Å². The molecule has 1 aromatic heterocycles. The van der Waals surface area contributed by atoms with E-state index in [-0.39, 0.29) is 23.1 Å². The Balaban J connectivity index is 1.72. The summed E-state index contributed by atoms with van der Waals surface area (Å²) >= 11 is 11.9. The fourth-order valence-electron chi connectivity index (χ4n) is 2.74. The summed E-state index contributed by atoms with van der Waals surface area (Å²) in [6, 6.07) is 16.0. The van der Waals surface area contributed by atoms with Gasteiger partial charge in [-0.1, -0.05) is 47.5 Å². The molecule has 1 N–H and O–H groups in total. The molecule has 6 nitrogen and oxygen atoms in total. The van der Waals surface area contributed by atoms with Crippen molar-refractivity contribution in [2.45, 2.75) is 10.1 Å². The van der Waals surface area contributed by atoms with Crippen LogP contribution in [0.25, 0.3) is 0 Å². The summed E-state index contributed by atoms with van der Waals surface area (Å²) < 4.78 is 31.7. The van der Waals surface area contributed by atoms with Crippen LogP contribution in [-0.4, -0.2) is 32.5 Å². The number of pyridine rings is 1. The number of aromatic nitrogens is 1. The van der Waals surface area contributed by atoms with E-state index in [1.54, 1.807) is 48.7 Å². The molecule has 0 spiro atoms. The highest BCUT2D eigenvalue weighted by Gasteiger charge is 2.29. The molecule has 2 aromatic carbocycles. The molecule has 0 aliphatic rings. The first-order chi connectivity index (χ1) is 14.4. The average molecular weight is 465 g/mol. The summed E-state index contributed by atoms with van der Waals surface area (Å²) in [4.78, 5) is 16.4. The number of nitrogens with zero attached hydrogens (tertiary/aromatic N) is 1. The predicted octanol–water partition coefficient (Wildman–Crippen LogP) is 4.10. The molecule has 3 aromatic rings. The molecular formula is C21H18Cl2N2O4S. The van der Waals surface area contributed by atoms with Crippen LogP contribution in [0.3, 0.4) is 0 Å². The van der Waals surface area contributed by atoms with E-state index in [0.29, 0.717) is 16.3 Å². The molecule has 0 saturated carbocycles. The van der Waals surface area contributed by atoms with Gasteiger partial charge >= 0.3 is 0 Å². The van der Waals surface area contributed by atoms with Gasteiger partial charge in [0.25, 0.3) is 5.91 Å². The zero-order chi connectivity index (χ0) is 21.6. The fourth-order valence-corrected chi connectivity index (χ4v) is 4.87. The second kappa shape index (κ2) is 9.93. The number of carbonyl (C=O) groups excluding carboxylic acids is 1. The summed E-state index contributed by atoms with van der Waals surface area (Å²) in [5, 5.41) is 2.33. The summed E-state index contributed by atoms with van der Waals surface area (Å²) in [5.41, 5.74) is 0.475. The van der Waals surface area contributed by atoms with Gasteiger partial charge in [0.2, 0.25) is 0 Å². The van der Waals surface area contributed by atoms with Gasteiger partial charge in [0.1, 0.15) is 11.0 Å². The lowest BCUT2D eigenvalue weighted by molar-refractivity contribution is -0.123. The second-order valence-corrected chi connectivity index (χ2v) is 9.27. The van der Waals surface area contributed by atoms with E-state index in [1.165, 1.54) is 24.4 Å². The van der Waals surface area contributed by atoms with Crippen molar-refractivity contribution < 1.29 is 17.9 Å². The molecule has 0 aliphatic heterocycles. The average Bonchev–Trinajstić information content (AvgIpc) is 2.74. The van der Waals surface area contributed by atoms with Crippen LogP contribution in [0.4, 0.5) is 0 Å². The number of amides is 1. The van der Waals surface area contributed by atoms with Gasteiger partial charge in [0.15, 0.2) is 16.4 Å². The first-order valence-electron chi connectivity index (χ1n) is 8.91. The van der Waals surface area contributed by atoms with Crippen molar-refractivity contribution in [3.8, 4) is 5.75 Å². The first kappa shape index (κ1) is 22.1. The molecule has 0 radical (unpaired) electrons. The van der Waals surface area contributed by atoms with Crippen LogP contribution in [0.1, 0.15) is 10.8 Å². The van der Waals surface area contributed by atoms with Crippen LogP contribution in [0.5, 0.6) is 5.75 Å². The van der Waals surface area contributed by atoms with Crippen LogP contribution < -0.4 is 10.1 Å². The van der Waals surface area contributed by atoms with Crippen molar-refractivity contribution in [3.63, 3.8) is 0 Å². The third kappa shape index (κ3) is 5.50. The number of hydrogen-bond acceptors (Lipinski definition) is 5. The minimum absolute atomic E-state index is 0.139. The maximum Gasteiger partial charge on any atom is 0.257 e. The molecule has 30 heavy (non-hydrogen) atoms. The van der Waals surface area contributed by atoms with Gasteiger partial charge in [-0.2, -0.15) is 0 Å². The van der Waals surface area contributed by atoms with Gasteiger partial charge in [-0.15, -0.1) is 0 Å². The predicted molar refractivity (Wildman–Crippen MR) is 116 cm³/mol. The number of sulfone groups is 1. The highest BCUT2D eigenvalue weighted by molar-refractivity contribution is 7.91. The molecule has 1 atom stereocenters. The number of carbonyl (C=O) groups is 1. The largest absolute Gasteiger partial charge is 0.482 e. The molecule has 9 heteroatoms. The SMILES string of the molecule is O=C(COc1ccc(Cl)cc1Cl)NCC(c1cccnc1)S(=O)(=O)c1ccccc1. The van der Waals surface area contributed by atoms with Crippen LogP contribution >= 0.6 is 23.2 Å². The molecule has 0 saturated heterocycles. The van der Waals surface area contributed by atoms with E-state index in [1.807, 2.05) is 0 Å². The monoisotopic (exact) mass is 464 g/mol. The van der Waals surface area contributed by atoms with E-state index in [4.69, 9.17) is 27.9 Å².